The van der Waals surface area contributed by atoms with Gasteiger partial charge in [0.1, 0.15) is 5.82 Å². The van der Waals surface area contributed by atoms with Gasteiger partial charge in [-0.1, -0.05) is 6.92 Å². The molecule has 1 aromatic rings. The molecule has 0 aliphatic carbocycles. The van der Waals surface area contributed by atoms with Crippen molar-refractivity contribution in [1.82, 2.24) is 4.98 Å². The summed E-state index contributed by atoms with van der Waals surface area (Å²) in [7, 11) is 0. The maximum absolute atomic E-state index is 11.2. The minimum absolute atomic E-state index is 0.342. The second-order valence-corrected chi connectivity index (χ2v) is 5.92. The molecular weight excluding hydrogens is 260 g/mol. The molecule has 0 saturated carbocycles. The summed E-state index contributed by atoms with van der Waals surface area (Å²) in [5, 5.41) is 9.88. The molecule has 0 amide bonds. The van der Waals surface area contributed by atoms with E-state index in [4.69, 9.17) is 5.11 Å². The number of aromatic carboxylic acids is 1. The zero-order chi connectivity index (χ0) is 13.8. The predicted octanol–water partition coefficient (Wildman–Crippen LogP) is 2.67. The zero-order valence-corrected chi connectivity index (χ0v) is 12.2. The number of aryl methyl sites for hydroxylation is 1. The first kappa shape index (κ1) is 14.2. The molecule has 4 nitrogen and oxygen atoms in total. The Morgan fingerprint density at radius 3 is 2.68 bits per heavy atom. The molecule has 0 bridgehead atoms. The van der Waals surface area contributed by atoms with Crippen LogP contribution in [0.1, 0.15) is 35.8 Å². The lowest BCUT2D eigenvalue weighted by atomic mass is 10.1. The summed E-state index contributed by atoms with van der Waals surface area (Å²) >= 11 is 1.92. The molecule has 19 heavy (non-hydrogen) atoms. The fraction of sp³-hybridized carbons (Fsp3) is 0.571. The molecule has 0 atom stereocenters. The Kier molecular flexibility index (Phi) is 4.69. The number of aromatic nitrogens is 1. The number of rotatable bonds is 4. The molecule has 2 rings (SSSR count). The van der Waals surface area contributed by atoms with Crippen molar-refractivity contribution in [3.05, 3.63) is 23.4 Å². The smallest absolute Gasteiger partial charge is 0.335 e. The summed E-state index contributed by atoms with van der Waals surface area (Å²) in [6, 6.07) is 3.36. The third-order valence-corrected chi connectivity index (χ3v) is 4.71. The molecule has 1 aliphatic rings. The molecule has 1 fully saturated rings. The highest BCUT2D eigenvalue weighted by Gasteiger charge is 2.20. The van der Waals surface area contributed by atoms with Gasteiger partial charge in [0.15, 0.2) is 0 Å². The topological polar surface area (TPSA) is 53.4 Å². The third kappa shape index (κ3) is 3.41. The van der Waals surface area contributed by atoms with Gasteiger partial charge in [0.05, 0.1) is 5.56 Å². The maximum Gasteiger partial charge on any atom is 0.335 e. The molecule has 0 radical (unpaired) electrons. The van der Waals surface area contributed by atoms with Crippen molar-refractivity contribution < 1.29 is 9.90 Å². The van der Waals surface area contributed by atoms with Crippen LogP contribution < -0.4 is 4.90 Å². The minimum atomic E-state index is -0.877. The molecule has 0 aromatic carbocycles. The van der Waals surface area contributed by atoms with Gasteiger partial charge in [0.25, 0.3) is 0 Å². The Morgan fingerprint density at radius 2 is 2.16 bits per heavy atom. The molecule has 5 heteroatoms. The van der Waals surface area contributed by atoms with Crippen molar-refractivity contribution in [1.29, 1.82) is 0 Å². The number of hydrogen-bond donors (Lipinski definition) is 1. The Bertz CT molecular complexity index is 457. The van der Waals surface area contributed by atoms with Crippen molar-refractivity contribution in [2.24, 2.45) is 0 Å². The highest BCUT2D eigenvalue weighted by molar-refractivity contribution is 7.99. The van der Waals surface area contributed by atoms with Crippen LogP contribution in [0.25, 0.3) is 0 Å². The van der Waals surface area contributed by atoms with Crippen molar-refractivity contribution in [3.8, 4) is 0 Å². The molecule has 0 unspecified atom stereocenters. The SMILES string of the molecule is CCc1cc(C(=O)O)cc(N2CCC(SC)CC2)n1. The lowest BCUT2D eigenvalue weighted by Crippen LogP contribution is -2.35. The number of carbonyl (C=O) groups is 1. The van der Waals surface area contributed by atoms with Gasteiger partial charge >= 0.3 is 5.97 Å². The van der Waals surface area contributed by atoms with Gasteiger partial charge in [-0.05, 0) is 37.7 Å². The summed E-state index contributed by atoms with van der Waals surface area (Å²) < 4.78 is 0. The van der Waals surface area contributed by atoms with E-state index in [1.54, 1.807) is 12.1 Å². The van der Waals surface area contributed by atoms with Crippen molar-refractivity contribution in [2.75, 3.05) is 24.2 Å². The van der Waals surface area contributed by atoms with Gasteiger partial charge in [-0.15, -0.1) is 0 Å². The van der Waals surface area contributed by atoms with Gasteiger partial charge in [-0.25, -0.2) is 9.78 Å². The van der Waals surface area contributed by atoms with Crippen LogP contribution in [0.5, 0.6) is 0 Å². The number of carboxylic acid groups (broad SMARTS) is 1. The third-order valence-electron chi connectivity index (χ3n) is 3.57. The highest BCUT2D eigenvalue weighted by Crippen LogP contribution is 2.25. The van der Waals surface area contributed by atoms with E-state index in [1.807, 2.05) is 18.7 Å². The minimum Gasteiger partial charge on any atom is -0.478 e. The average Bonchev–Trinajstić information content (AvgIpc) is 2.46. The summed E-state index contributed by atoms with van der Waals surface area (Å²) in [4.78, 5) is 17.9. The van der Waals surface area contributed by atoms with Crippen LogP contribution in [0.4, 0.5) is 5.82 Å². The van der Waals surface area contributed by atoms with E-state index in [0.717, 1.165) is 49.1 Å². The number of pyridine rings is 1. The molecule has 1 aliphatic heterocycles. The number of nitrogens with zero attached hydrogens (tertiary/aromatic N) is 2. The standard InChI is InChI=1S/C14H20N2O2S/c1-3-11-8-10(14(17)18)9-13(15-11)16-6-4-12(19-2)5-7-16/h8-9,12H,3-7H2,1-2H3,(H,17,18). The quantitative estimate of drug-likeness (QED) is 0.919. The van der Waals surface area contributed by atoms with Crippen molar-refractivity contribution >= 4 is 23.5 Å². The Labute approximate surface area is 118 Å². The number of thioether (sulfide) groups is 1. The van der Waals surface area contributed by atoms with Gasteiger partial charge < -0.3 is 10.0 Å². The van der Waals surface area contributed by atoms with E-state index in [1.165, 1.54) is 0 Å². The highest BCUT2D eigenvalue weighted by atomic mass is 32.2. The van der Waals surface area contributed by atoms with Crippen LogP contribution in [-0.4, -0.2) is 40.7 Å². The Hall–Kier alpha value is -1.23. The largest absolute Gasteiger partial charge is 0.478 e. The number of anilines is 1. The molecular formula is C14H20N2O2S. The van der Waals surface area contributed by atoms with Crippen LogP contribution >= 0.6 is 11.8 Å². The maximum atomic E-state index is 11.2. The zero-order valence-electron chi connectivity index (χ0n) is 11.4. The van der Waals surface area contributed by atoms with E-state index >= 15 is 0 Å². The second-order valence-electron chi connectivity index (χ2n) is 4.79. The fourth-order valence-corrected chi connectivity index (χ4v) is 3.04. The van der Waals surface area contributed by atoms with E-state index in [0.29, 0.717) is 5.56 Å². The summed E-state index contributed by atoms with van der Waals surface area (Å²) in [6.45, 7) is 3.92. The van der Waals surface area contributed by atoms with E-state index in [2.05, 4.69) is 16.1 Å². The predicted molar refractivity (Wildman–Crippen MR) is 79.3 cm³/mol. The van der Waals surface area contributed by atoms with Gasteiger partial charge in [0.2, 0.25) is 0 Å². The fourth-order valence-electron chi connectivity index (χ4n) is 2.36. The summed E-state index contributed by atoms with van der Waals surface area (Å²) in [5.74, 6) is -0.0614. The second kappa shape index (κ2) is 6.28. The normalized spacial score (nSPS) is 16.6. The lowest BCUT2D eigenvalue weighted by molar-refractivity contribution is 0.0696. The Balaban J connectivity index is 2.20. The average molecular weight is 280 g/mol. The number of hydrogen-bond acceptors (Lipinski definition) is 4. The Morgan fingerprint density at radius 1 is 1.47 bits per heavy atom. The molecule has 1 aromatic heterocycles. The van der Waals surface area contributed by atoms with Crippen molar-refractivity contribution in [2.45, 2.75) is 31.4 Å². The van der Waals surface area contributed by atoms with Gasteiger partial charge in [-0.3, -0.25) is 0 Å². The van der Waals surface area contributed by atoms with Crippen LogP contribution in [0, 0.1) is 0 Å². The first-order chi connectivity index (χ1) is 9.13. The van der Waals surface area contributed by atoms with Crippen LogP contribution in [-0.2, 0) is 6.42 Å². The van der Waals surface area contributed by atoms with Crippen LogP contribution in [0.15, 0.2) is 12.1 Å². The van der Waals surface area contributed by atoms with Crippen molar-refractivity contribution in [3.63, 3.8) is 0 Å². The molecule has 104 valence electrons. The lowest BCUT2D eigenvalue weighted by Gasteiger charge is -2.32. The van der Waals surface area contributed by atoms with Crippen LogP contribution in [0.3, 0.4) is 0 Å². The summed E-state index contributed by atoms with van der Waals surface area (Å²) in [5.41, 5.74) is 1.19. The molecule has 2 heterocycles. The first-order valence-corrected chi connectivity index (χ1v) is 7.94. The molecule has 0 spiro atoms. The molecule has 1 saturated heterocycles. The summed E-state index contributed by atoms with van der Waals surface area (Å²) in [6.07, 6.45) is 5.19. The van der Waals surface area contributed by atoms with E-state index in [9.17, 15) is 4.79 Å². The van der Waals surface area contributed by atoms with E-state index in [-0.39, 0.29) is 0 Å². The van der Waals surface area contributed by atoms with Crippen LogP contribution in [0.2, 0.25) is 0 Å². The van der Waals surface area contributed by atoms with E-state index < -0.39 is 5.97 Å². The number of carboxylic acids is 1. The monoisotopic (exact) mass is 280 g/mol. The first-order valence-electron chi connectivity index (χ1n) is 6.66. The number of piperidine rings is 1. The molecule has 1 N–H and O–H groups in total. The van der Waals surface area contributed by atoms with Gasteiger partial charge in [-0.2, -0.15) is 11.8 Å². The van der Waals surface area contributed by atoms with Gasteiger partial charge in [0, 0.05) is 24.0 Å².